The molecule has 1 N–H and O–H groups in total. The third-order valence-electron chi connectivity index (χ3n) is 12.7. The fourth-order valence-corrected chi connectivity index (χ4v) is 9.65. The molecule has 0 radical (unpaired) electrons. The first kappa shape index (κ1) is 38.4. The summed E-state index contributed by atoms with van der Waals surface area (Å²) in [6.45, 7) is 4.67. The predicted octanol–water partition coefficient (Wildman–Crippen LogP) is 9.41. The van der Waals surface area contributed by atoms with Crippen LogP contribution in [-0.4, -0.2) is 19.9 Å². The molecule has 0 fully saturated rings. The summed E-state index contributed by atoms with van der Waals surface area (Å²) in [7, 11) is 0. The molecule has 292 valence electrons. The molecule has 12 rings (SSSR count). The van der Waals surface area contributed by atoms with Crippen molar-refractivity contribution in [2.24, 2.45) is 0 Å². The summed E-state index contributed by atoms with van der Waals surface area (Å²) in [5.41, 5.74) is 12.9. The van der Waals surface area contributed by atoms with E-state index in [2.05, 4.69) is 128 Å². The smallest absolute Gasteiger partial charge is 0.872 e. The van der Waals surface area contributed by atoms with E-state index in [1.165, 1.54) is 33.4 Å². The van der Waals surface area contributed by atoms with Gasteiger partial charge in [0.15, 0.2) is 17.5 Å². The van der Waals surface area contributed by atoms with E-state index >= 15 is 0 Å². The van der Waals surface area contributed by atoms with Crippen molar-refractivity contribution < 1.29 is 29.0 Å². The molecule has 0 aliphatic heterocycles. The van der Waals surface area contributed by atoms with Crippen LogP contribution in [0.25, 0.3) is 111 Å². The minimum Gasteiger partial charge on any atom is -0.872 e. The first-order valence-corrected chi connectivity index (χ1v) is 20.9. The van der Waals surface area contributed by atoms with Crippen LogP contribution >= 0.6 is 0 Å². The van der Waals surface area contributed by atoms with Crippen molar-refractivity contribution in [1.82, 2.24) is 19.9 Å². The van der Waals surface area contributed by atoms with Gasteiger partial charge in [-0.05, 0) is 85.3 Å². The summed E-state index contributed by atoms with van der Waals surface area (Å²) in [5.74, 6) is 1.55. The number of nitrogens with one attached hydrogen (secondary N) is 1. The summed E-state index contributed by atoms with van der Waals surface area (Å²) in [6.07, 6.45) is 0. The predicted molar refractivity (Wildman–Crippen MR) is 248 cm³/mol. The Kier molecular flexibility index (Phi) is 9.06. The number of hydrogen-bond donors (Lipinski definition) is 0. The number of nitrogens with zero attached hydrogens (tertiary/aromatic N) is 4. The zero-order chi connectivity index (χ0) is 41.5. The Morgan fingerprint density at radius 2 is 1.02 bits per heavy atom. The van der Waals surface area contributed by atoms with Crippen molar-refractivity contribution >= 4 is 43.4 Å². The van der Waals surface area contributed by atoms with Gasteiger partial charge < -0.3 is 5.11 Å². The number of fused-ring (bicyclic) bond motifs is 8. The third kappa shape index (κ3) is 6.14. The van der Waals surface area contributed by atoms with Gasteiger partial charge in [0.05, 0.1) is 0 Å². The molecule has 0 unspecified atom stereocenters. The number of rotatable bonds is 5. The third-order valence-corrected chi connectivity index (χ3v) is 12.7. The molecule has 0 saturated heterocycles. The maximum Gasteiger partial charge on any atom is 1.00 e. The molecule has 3 aromatic heterocycles. The molecule has 7 heteroatoms. The standard InChI is InChI=1S/C56H37N5O.Li/c1-56(2)44-22-12-10-16-37(44)38-29-26-36(32-45(38)56)49-39-17-6-8-19-41(39)50(42-20-9-7-18-40(42)49)55-60-53(35-14-4-3-5-15-35)59-54(61-55)47-31-28-34-25-24-33-27-30-46(57-51(33)52(34)58-47)43-21-11-13-23-48(43)62;/h3-32,62H,1-2H3;/q;+1. The van der Waals surface area contributed by atoms with Crippen LogP contribution in [0.5, 0.6) is 5.75 Å². The van der Waals surface area contributed by atoms with E-state index in [1.54, 1.807) is 12.1 Å². The normalized spacial score (nSPS) is 12.7. The largest absolute Gasteiger partial charge is 1.00 e. The van der Waals surface area contributed by atoms with E-state index in [0.29, 0.717) is 28.7 Å². The number of aromatic nitrogens is 5. The molecule has 6 nitrogen and oxygen atoms in total. The molecule has 63 heavy (non-hydrogen) atoms. The van der Waals surface area contributed by atoms with Crippen LogP contribution in [-0.2, 0) is 5.41 Å². The monoisotopic (exact) mass is 802 g/mol. The van der Waals surface area contributed by atoms with Gasteiger partial charge in [-0.1, -0.05) is 165 Å². The van der Waals surface area contributed by atoms with E-state index in [9.17, 15) is 5.11 Å². The van der Waals surface area contributed by atoms with Crippen LogP contribution in [0.1, 0.15) is 25.0 Å². The number of H-pyrrole nitrogens is 1. The Balaban J connectivity index is 0.00000444. The average Bonchev–Trinajstić information content (AvgIpc) is 3.55. The quantitative estimate of drug-likeness (QED) is 0.0984. The van der Waals surface area contributed by atoms with Crippen LogP contribution in [0.4, 0.5) is 0 Å². The second-order valence-electron chi connectivity index (χ2n) is 16.6. The maximum absolute atomic E-state index is 12.9. The topological polar surface area (TPSA) is 88.8 Å². The zero-order valence-corrected chi connectivity index (χ0v) is 35.0. The van der Waals surface area contributed by atoms with Gasteiger partial charge in [0, 0.05) is 38.9 Å². The first-order valence-electron chi connectivity index (χ1n) is 20.9. The molecule has 8 aromatic carbocycles. The van der Waals surface area contributed by atoms with E-state index < -0.39 is 0 Å². The van der Waals surface area contributed by atoms with Crippen molar-refractivity contribution in [3.05, 3.63) is 193 Å². The Labute approximate surface area is 376 Å². The van der Waals surface area contributed by atoms with Crippen molar-refractivity contribution in [3.63, 3.8) is 0 Å². The van der Waals surface area contributed by atoms with E-state index in [1.807, 2.05) is 60.7 Å². The van der Waals surface area contributed by atoms with Crippen LogP contribution in [0, 0.1) is 0 Å². The Morgan fingerprint density at radius 3 is 1.76 bits per heavy atom. The number of benzene rings is 8. The molecule has 11 aromatic rings. The SMILES string of the molecule is CC1(C)c2ccccc2-c2ccc(-c3c4ccccc4c(-c4nc(-c5ccccc5)nc(-c5ccc6ccc7ccc(-c8ccccc8[O-])[nH+]c7c6n5)n4)c4ccccc34)cc21.[Li+]. The summed E-state index contributed by atoms with van der Waals surface area (Å²) < 4.78 is 0. The molecule has 0 amide bonds. The van der Waals surface area contributed by atoms with Crippen LogP contribution in [0.15, 0.2) is 182 Å². The van der Waals surface area contributed by atoms with Crippen LogP contribution in [0.3, 0.4) is 0 Å². The van der Waals surface area contributed by atoms with E-state index in [4.69, 9.17) is 19.9 Å². The fourth-order valence-electron chi connectivity index (χ4n) is 9.65. The Bertz CT molecular complexity index is 3590. The zero-order valence-electron chi connectivity index (χ0n) is 35.0. The van der Waals surface area contributed by atoms with Gasteiger partial charge in [-0.25, -0.2) is 24.9 Å². The average molecular weight is 803 g/mol. The summed E-state index contributed by atoms with van der Waals surface area (Å²) in [6, 6.07) is 62.3. The van der Waals surface area contributed by atoms with Crippen LogP contribution < -0.4 is 29.0 Å². The number of hydrogen-bond acceptors (Lipinski definition) is 5. The molecule has 3 heterocycles. The van der Waals surface area contributed by atoms with Gasteiger partial charge in [0.1, 0.15) is 11.2 Å². The van der Waals surface area contributed by atoms with Gasteiger partial charge in [-0.15, -0.1) is 0 Å². The first-order chi connectivity index (χ1) is 30.4. The number of pyridine rings is 2. The summed E-state index contributed by atoms with van der Waals surface area (Å²) in [4.78, 5) is 24.5. The summed E-state index contributed by atoms with van der Waals surface area (Å²) in [5, 5.41) is 19.1. The molecule has 0 saturated carbocycles. The van der Waals surface area contributed by atoms with E-state index in [0.717, 1.165) is 60.2 Å². The minimum absolute atomic E-state index is 0. The molecule has 1 aliphatic rings. The summed E-state index contributed by atoms with van der Waals surface area (Å²) >= 11 is 0. The molecule has 0 atom stereocenters. The molecular weight excluding hydrogens is 766 g/mol. The second-order valence-corrected chi connectivity index (χ2v) is 16.6. The van der Waals surface area contributed by atoms with Gasteiger partial charge in [0.25, 0.3) is 0 Å². The van der Waals surface area contributed by atoms with E-state index in [-0.39, 0.29) is 30.0 Å². The molecule has 1 aliphatic carbocycles. The number of para-hydroxylation sites is 1. The minimum atomic E-state index is -0.131. The molecule has 0 spiro atoms. The van der Waals surface area contributed by atoms with Gasteiger partial charge in [-0.3, -0.25) is 0 Å². The molecular formula is C56H37LiN5O+. The van der Waals surface area contributed by atoms with Gasteiger partial charge in [0.2, 0.25) is 11.2 Å². The second kappa shape index (κ2) is 14.9. The Hall–Kier alpha value is -7.49. The Morgan fingerprint density at radius 1 is 0.444 bits per heavy atom. The fraction of sp³-hybridized carbons (Fsp3) is 0.0536. The van der Waals surface area contributed by atoms with Gasteiger partial charge in [-0.2, -0.15) is 0 Å². The number of aromatic amines is 1. The van der Waals surface area contributed by atoms with Crippen molar-refractivity contribution in [2.45, 2.75) is 19.3 Å². The van der Waals surface area contributed by atoms with Crippen molar-refractivity contribution in [3.8, 4) is 73.6 Å². The van der Waals surface area contributed by atoms with Crippen LogP contribution in [0.2, 0.25) is 0 Å². The van der Waals surface area contributed by atoms with Gasteiger partial charge >= 0.3 is 18.9 Å². The van der Waals surface area contributed by atoms with Crippen molar-refractivity contribution in [2.75, 3.05) is 0 Å². The molecule has 0 bridgehead atoms. The maximum atomic E-state index is 12.9. The van der Waals surface area contributed by atoms with Crippen molar-refractivity contribution in [1.29, 1.82) is 0 Å².